The van der Waals surface area contributed by atoms with Crippen molar-refractivity contribution in [3.63, 3.8) is 0 Å². The van der Waals surface area contributed by atoms with E-state index in [0.717, 1.165) is 12.3 Å². The van der Waals surface area contributed by atoms with Crippen molar-refractivity contribution in [1.29, 1.82) is 0 Å². The minimum absolute atomic E-state index is 0.0426. The van der Waals surface area contributed by atoms with E-state index in [-0.39, 0.29) is 22.2 Å². The lowest BCUT2D eigenvalue weighted by molar-refractivity contribution is -0.0511. The van der Waals surface area contributed by atoms with Crippen LogP contribution in [0.15, 0.2) is 35.7 Å². The molecule has 7 nitrogen and oxygen atoms in total. The zero-order valence-corrected chi connectivity index (χ0v) is 11.5. The predicted octanol–water partition coefficient (Wildman–Crippen LogP) is 1.82. The van der Waals surface area contributed by atoms with E-state index >= 15 is 0 Å². The Hall–Kier alpha value is -2.36. The zero-order chi connectivity index (χ0) is 15.5. The molecule has 0 fully saturated rings. The molecule has 0 aliphatic heterocycles. The molecule has 114 valence electrons. The van der Waals surface area contributed by atoms with Crippen molar-refractivity contribution < 1.29 is 26.7 Å². The Morgan fingerprint density at radius 3 is 2.67 bits per heavy atom. The van der Waals surface area contributed by atoms with Crippen molar-refractivity contribution >= 4 is 15.7 Å². The van der Waals surface area contributed by atoms with Crippen LogP contribution in [0.1, 0.15) is 0 Å². The van der Waals surface area contributed by atoms with Gasteiger partial charge in [0.1, 0.15) is 0 Å². The highest BCUT2D eigenvalue weighted by molar-refractivity contribution is 7.92. The number of nitrogens with zero attached hydrogens (tertiary/aromatic N) is 1. The summed E-state index contributed by atoms with van der Waals surface area (Å²) >= 11 is 0. The number of aromatic amines is 1. The highest BCUT2D eigenvalue weighted by Crippen LogP contribution is 2.32. The summed E-state index contributed by atoms with van der Waals surface area (Å²) < 4.78 is 59.8. The SMILES string of the molecule is COc1ccc(NS(=O)(=O)c2cnc[nH]2)cc1OC(F)F. The second-order valence-electron chi connectivity index (χ2n) is 3.77. The molecule has 0 bridgehead atoms. The van der Waals surface area contributed by atoms with Gasteiger partial charge in [-0.05, 0) is 12.1 Å². The Morgan fingerprint density at radius 2 is 2.10 bits per heavy atom. The van der Waals surface area contributed by atoms with E-state index in [1.165, 1.54) is 25.6 Å². The summed E-state index contributed by atoms with van der Waals surface area (Å²) in [5.41, 5.74) is 0.0426. The van der Waals surface area contributed by atoms with Crippen LogP contribution in [0.3, 0.4) is 0 Å². The molecule has 2 N–H and O–H groups in total. The first-order valence-corrected chi connectivity index (χ1v) is 7.05. The van der Waals surface area contributed by atoms with Gasteiger partial charge in [0.15, 0.2) is 16.5 Å². The molecule has 1 heterocycles. The van der Waals surface area contributed by atoms with E-state index in [9.17, 15) is 17.2 Å². The molecule has 0 saturated carbocycles. The Kier molecular flexibility index (Phi) is 4.26. The number of sulfonamides is 1. The highest BCUT2D eigenvalue weighted by atomic mass is 32.2. The van der Waals surface area contributed by atoms with Crippen LogP contribution < -0.4 is 14.2 Å². The Balaban J connectivity index is 2.29. The van der Waals surface area contributed by atoms with Gasteiger partial charge >= 0.3 is 6.61 Å². The fourth-order valence-electron chi connectivity index (χ4n) is 1.53. The van der Waals surface area contributed by atoms with Crippen molar-refractivity contribution in [2.45, 2.75) is 11.6 Å². The number of benzene rings is 1. The molecule has 0 spiro atoms. The summed E-state index contributed by atoms with van der Waals surface area (Å²) in [6.07, 6.45) is 2.32. The Morgan fingerprint density at radius 1 is 1.33 bits per heavy atom. The largest absolute Gasteiger partial charge is 0.493 e. The van der Waals surface area contributed by atoms with Crippen molar-refractivity contribution in [3.05, 3.63) is 30.7 Å². The fourth-order valence-corrected chi connectivity index (χ4v) is 2.48. The number of methoxy groups -OCH3 is 1. The van der Waals surface area contributed by atoms with Gasteiger partial charge in [-0.25, -0.2) is 4.98 Å². The molecule has 0 unspecified atom stereocenters. The van der Waals surface area contributed by atoms with Crippen molar-refractivity contribution in [1.82, 2.24) is 9.97 Å². The standard InChI is InChI=1S/C11H11F2N3O4S/c1-19-8-3-2-7(4-9(8)20-11(12)13)16-21(17,18)10-5-14-6-15-10/h2-6,11,16H,1H3,(H,14,15). The summed E-state index contributed by atoms with van der Waals surface area (Å²) in [4.78, 5) is 6.03. The maximum Gasteiger partial charge on any atom is 0.387 e. The number of ether oxygens (including phenoxy) is 2. The monoisotopic (exact) mass is 319 g/mol. The number of hydrogen-bond acceptors (Lipinski definition) is 5. The van der Waals surface area contributed by atoms with E-state index in [1.54, 1.807) is 0 Å². The number of rotatable bonds is 6. The highest BCUT2D eigenvalue weighted by Gasteiger charge is 2.17. The zero-order valence-electron chi connectivity index (χ0n) is 10.7. The van der Waals surface area contributed by atoms with Gasteiger partial charge in [0.2, 0.25) is 0 Å². The summed E-state index contributed by atoms with van der Waals surface area (Å²) in [6, 6.07) is 3.76. The number of alkyl halides is 2. The van der Waals surface area contributed by atoms with Gasteiger partial charge in [0.25, 0.3) is 10.0 Å². The van der Waals surface area contributed by atoms with Crippen LogP contribution in [0.25, 0.3) is 0 Å². The number of H-pyrrole nitrogens is 1. The lowest BCUT2D eigenvalue weighted by Gasteiger charge is -2.12. The van der Waals surface area contributed by atoms with Gasteiger partial charge in [-0.15, -0.1) is 0 Å². The second-order valence-corrected chi connectivity index (χ2v) is 5.42. The van der Waals surface area contributed by atoms with Crippen LogP contribution in [-0.4, -0.2) is 32.1 Å². The van der Waals surface area contributed by atoms with Gasteiger partial charge in [-0.1, -0.05) is 0 Å². The number of anilines is 1. The molecule has 0 radical (unpaired) electrons. The van der Waals surface area contributed by atoms with Gasteiger partial charge in [-0.3, -0.25) is 4.72 Å². The molecular formula is C11H11F2N3O4S. The number of aromatic nitrogens is 2. The first-order chi connectivity index (χ1) is 9.92. The summed E-state index contributed by atoms with van der Waals surface area (Å²) in [5, 5.41) is -0.158. The number of halogens is 2. The lowest BCUT2D eigenvalue weighted by Crippen LogP contribution is -2.13. The molecular weight excluding hydrogens is 308 g/mol. The van der Waals surface area contributed by atoms with Crippen LogP contribution in [0, 0.1) is 0 Å². The quantitative estimate of drug-likeness (QED) is 0.847. The molecule has 2 rings (SSSR count). The predicted molar refractivity (Wildman–Crippen MR) is 69.0 cm³/mol. The summed E-state index contributed by atoms with van der Waals surface area (Å²) in [6.45, 7) is -3.06. The minimum Gasteiger partial charge on any atom is -0.493 e. The Labute approximate surface area is 119 Å². The fraction of sp³-hybridized carbons (Fsp3) is 0.182. The molecule has 2 aromatic rings. The normalized spacial score (nSPS) is 11.4. The minimum atomic E-state index is -3.89. The van der Waals surface area contributed by atoms with E-state index in [4.69, 9.17) is 4.74 Å². The summed E-state index contributed by atoms with van der Waals surface area (Å²) in [7, 11) is -2.61. The lowest BCUT2D eigenvalue weighted by atomic mass is 10.3. The first-order valence-electron chi connectivity index (χ1n) is 5.56. The third-order valence-corrected chi connectivity index (χ3v) is 3.70. The van der Waals surface area contributed by atoms with Crippen molar-refractivity contribution in [2.24, 2.45) is 0 Å². The average Bonchev–Trinajstić information content (AvgIpc) is 2.92. The molecule has 1 aromatic heterocycles. The van der Waals surface area contributed by atoms with Gasteiger partial charge < -0.3 is 14.5 Å². The topological polar surface area (TPSA) is 93.3 Å². The van der Waals surface area contributed by atoms with Crippen molar-refractivity contribution in [3.8, 4) is 11.5 Å². The van der Waals surface area contributed by atoms with E-state index in [1.807, 2.05) is 0 Å². The number of imidazole rings is 1. The molecule has 10 heteroatoms. The van der Waals surface area contributed by atoms with E-state index in [0.29, 0.717) is 0 Å². The molecule has 1 aromatic carbocycles. The molecule has 0 aliphatic carbocycles. The first kappa shape index (κ1) is 15.0. The molecule has 0 saturated heterocycles. The van der Waals surface area contributed by atoms with Gasteiger partial charge in [-0.2, -0.15) is 17.2 Å². The third kappa shape index (κ3) is 3.60. The molecule has 0 amide bonds. The van der Waals surface area contributed by atoms with Crippen LogP contribution in [0.5, 0.6) is 11.5 Å². The number of hydrogen-bond donors (Lipinski definition) is 2. The van der Waals surface area contributed by atoms with Crippen molar-refractivity contribution in [2.75, 3.05) is 11.8 Å². The third-order valence-electron chi connectivity index (χ3n) is 2.39. The van der Waals surface area contributed by atoms with Crippen LogP contribution in [0.2, 0.25) is 0 Å². The molecule has 21 heavy (non-hydrogen) atoms. The molecule has 0 atom stereocenters. The van der Waals surface area contributed by atoms with Crippen LogP contribution in [-0.2, 0) is 10.0 Å². The van der Waals surface area contributed by atoms with E-state index in [2.05, 4.69) is 19.4 Å². The van der Waals surface area contributed by atoms with Crippen LogP contribution in [0.4, 0.5) is 14.5 Å². The smallest absolute Gasteiger partial charge is 0.387 e. The second kappa shape index (κ2) is 5.95. The molecule has 0 aliphatic rings. The Bertz CT molecular complexity index is 704. The average molecular weight is 319 g/mol. The summed E-state index contributed by atoms with van der Waals surface area (Å²) in [5.74, 6) is -0.225. The maximum atomic E-state index is 12.3. The van der Waals surface area contributed by atoms with Gasteiger partial charge in [0.05, 0.1) is 25.3 Å². The van der Waals surface area contributed by atoms with E-state index < -0.39 is 16.6 Å². The van der Waals surface area contributed by atoms with Gasteiger partial charge in [0, 0.05) is 6.07 Å². The number of nitrogens with one attached hydrogen (secondary N) is 2. The van der Waals surface area contributed by atoms with Crippen LogP contribution >= 0.6 is 0 Å². The maximum absolute atomic E-state index is 12.3.